The number of carboxylic acids is 1. The summed E-state index contributed by atoms with van der Waals surface area (Å²) in [6, 6.07) is 7.61. The van der Waals surface area contributed by atoms with Crippen LogP contribution >= 0.6 is 0 Å². The van der Waals surface area contributed by atoms with Crippen LogP contribution in [0.5, 0.6) is 0 Å². The Morgan fingerprint density at radius 1 is 1.10 bits per heavy atom. The maximum absolute atomic E-state index is 14.0. The van der Waals surface area contributed by atoms with Gasteiger partial charge in [0.15, 0.2) is 5.82 Å². The Hall–Kier alpha value is -5.13. The van der Waals surface area contributed by atoms with Crippen LogP contribution in [-0.2, 0) is 22.0 Å². The second-order valence-electron chi connectivity index (χ2n) is 12.2. The molecule has 5 rings (SSSR count). The summed E-state index contributed by atoms with van der Waals surface area (Å²) in [6.45, 7) is 4.09. The smallest absolute Gasteiger partial charge is 0.352 e. The van der Waals surface area contributed by atoms with Gasteiger partial charge in [-0.15, -0.1) is 0 Å². The fraction of sp³-hybridized carbons (Fsp3) is 0.290. The van der Waals surface area contributed by atoms with Crippen molar-refractivity contribution >= 4 is 39.3 Å². The lowest BCUT2D eigenvalue weighted by atomic mass is 9.84. The predicted molar refractivity (Wildman–Crippen MR) is 172 cm³/mol. The highest BCUT2D eigenvalue weighted by molar-refractivity contribution is 7.89. The van der Waals surface area contributed by atoms with E-state index in [1.54, 1.807) is 13.8 Å². The van der Waals surface area contributed by atoms with E-state index in [4.69, 9.17) is 5.73 Å². The van der Waals surface area contributed by atoms with Gasteiger partial charge in [-0.05, 0) is 50.5 Å². The van der Waals surface area contributed by atoms with Crippen LogP contribution in [0.4, 0.5) is 20.3 Å². The SMILES string of the molecule is CN(C)CCNc1cc(C(N)=O)c(C(=O)Nc2n[nH]c3c2CN(S(=O)(=O)c2cc(F)cc(F)c2)CC3(C)C)cc1-n1cccc1C(=O)O. The lowest BCUT2D eigenvalue weighted by molar-refractivity contribution is 0.0687. The molecule has 2 amide bonds. The number of likely N-dealkylation sites (N-methyl/N-ethyl adjacent to an activating group) is 1. The van der Waals surface area contributed by atoms with Crippen LogP contribution in [0.2, 0.25) is 0 Å². The van der Waals surface area contributed by atoms with E-state index in [1.165, 1.54) is 35.0 Å². The van der Waals surface area contributed by atoms with E-state index in [0.717, 1.165) is 16.4 Å². The summed E-state index contributed by atoms with van der Waals surface area (Å²) < 4.78 is 57.4. The van der Waals surface area contributed by atoms with Crippen LogP contribution in [0.3, 0.4) is 0 Å². The number of fused-ring (bicyclic) bond motifs is 1. The number of sulfonamides is 1. The molecule has 2 aromatic heterocycles. The maximum atomic E-state index is 14.0. The van der Waals surface area contributed by atoms with Gasteiger partial charge in [-0.3, -0.25) is 14.7 Å². The molecule has 254 valence electrons. The number of nitrogens with one attached hydrogen (secondary N) is 3. The fourth-order valence-corrected chi connectivity index (χ4v) is 7.22. The average Bonchev–Trinajstić information content (AvgIpc) is 3.64. The molecule has 0 saturated heterocycles. The van der Waals surface area contributed by atoms with Crippen molar-refractivity contribution in [3.05, 3.63) is 88.4 Å². The van der Waals surface area contributed by atoms with Gasteiger partial charge < -0.3 is 30.9 Å². The van der Waals surface area contributed by atoms with Crippen molar-refractivity contribution in [1.29, 1.82) is 0 Å². The first kappa shape index (κ1) is 34.2. The second kappa shape index (κ2) is 12.8. The number of nitrogens with two attached hydrogens (primary N) is 1. The molecule has 2 aromatic carbocycles. The molecule has 0 atom stereocenters. The molecule has 0 aliphatic carbocycles. The third kappa shape index (κ3) is 6.65. The molecule has 0 saturated carbocycles. The number of amides is 2. The highest BCUT2D eigenvalue weighted by atomic mass is 32.2. The van der Waals surface area contributed by atoms with E-state index < -0.39 is 49.8 Å². The quantitative estimate of drug-likeness (QED) is 0.158. The number of aromatic amines is 1. The lowest BCUT2D eigenvalue weighted by Gasteiger charge is -2.36. The van der Waals surface area contributed by atoms with Crippen molar-refractivity contribution in [3.63, 3.8) is 0 Å². The molecular formula is C31H34F2N8O6S. The largest absolute Gasteiger partial charge is 0.477 e. The molecule has 0 unspecified atom stereocenters. The summed E-state index contributed by atoms with van der Waals surface area (Å²) in [4.78, 5) is 39.9. The van der Waals surface area contributed by atoms with Crippen molar-refractivity contribution in [2.45, 2.75) is 30.7 Å². The first-order valence-corrected chi connectivity index (χ1v) is 16.1. The third-order valence-electron chi connectivity index (χ3n) is 7.90. The molecule has 1 aliphatic rings. The van der Waals surface area contributed by atoms with Gasteiger partial charge in [0.25, 0.3) is 5.91 Å². The Balaban J connectivity index is 1.55. The zero-order valence-electron chi connectivity index (χ0n) is 26.5. The summed E-state index contributed by atoms with van der Waals surface area (Å²) in [5.74, 6) is -5.16. The molecular weight excluding hydrogens is 650 g/mol. The van der Waals surface area contributed by atoms with Crippen LogP contribution in [-0.4, -0.2) is 89.0 Å². The summed E-state index contributed by atoms with van der Waals surface area (Å²) >= 11 is 0. The molecule has 3 heterocycles. The fourth-order valence-electron chi connectivity index (χ4n) is 5.61. The van der Waals surface area contributed by atoms with Crippen LogP contribution in [0, 0.1) is 11.6 Å². The van der Waals surface area contributed by atoms with Crippen molar-refractivity contribution in [1.82, 2.24) is 24.0 Å². The monoisotopic (exact) mass is 684 g/mol. The van der Waals surface area contributed by atoms with Gasteiger partial charge in [0.2, 0.25) is 15.9 Å². The van der Waals surface area contributed by atoms with E-state index >= 15 is 0 Å². The minimum atomic E-state index is -4.40. The number of benzene rings is 2. The number of halogens is 2. The van der Waals surface area contributed by atoms with Gasteiger partial charge in [-0.25, -0.2) is 22.0 Å². The summed E-state index contributed by atoms with van der Waals surface area (Å²) in [6.07, 6.45) is 1.49. The number of carboxylic acid groups (broad SMARTS) is 1. The zero-order valence-corrected chi connectivity index (χ0v) is 27.3. The number of H-pyrrole nitrogens is 1. The topological polar surface area (TPSA) is 196 Å². The number of anilines is 2. The normalized spacial score (nSPS) is 14.5. The van der Waals surface area contributed by atoms with E-state index in [-0.39, 0.29) is 41.4 Å². The van der Waals surface area contributed by atoms with E-state index in [2.05, 4.69) is 20.8 Å². The minimum Gasteiger partial charge on any atom is -0.477 e. The number of aromatic carboxylic acids is 1. The zero-order chi connectivity index (χ0) is 35.1. The molecule has 0 radical (unpaired) electrons. The Bertz CT molecular complexity index is 2020. The number of aromatic nitrogens is 3. The number of rotatable bonds is 11. The molecule has 17 heteroatoms. The molecule has 0 fully saturated rings. The first-order valence-electron chi connectivity index (χ1n) is 14.6. The summed E-state index contributed by atoms with van der Waals surface area (Å²) in [7, 11) is -0.666. The van der Waals surface area contributed by atoms with Crippen LogP contribution in [0.25, 0.3) is 5.69 Å². The molecule has 0 spiro atoms. The number of primary amides is 1. The number of nitrogens with zero attached hydrogens (tertiary/aromatic N) is 4. The van der Waals surface area contributed by atoms with Gasteiger partial charge in [-0.1, -0.05) is 13.8 Å². The van der Waals surface area contributed by atoms with Gasteiger partial charge >= 0.3 is 5.97 Å². The van der Waals surface area contributed by atoms with Crippen molar-refractivity contribution in [3.8, 4) is 5.69 Å². The molecule has 6 N–H and O–H groups in total. The van der Waals surface area contributed by atoms with Crippen molar-refractivity contribution in [2.75, 3.05) is 44.4 Å². The summed E-state index contributed by atoms with van der Waals surface area (Å²) in [5.41, 5.74) is 5.75. The minimum absolute atomic E-state index is 0.0502. The van der Waals surface area contributed by atoms with Crippen molar-refractivity contribution in [2.24, 2.45) is 5.73 Å². The molecule has 48 heavy (non-hydrogen) atoms. The number of carbonyl (C=O) groups excluding carboxylic acids is 2. The van der Waals surface area contributed by atoms with Gasteiger partial charge in [0, 0.05) is 55.1 Å². The lowest BCUT2D eigenvalue weighted by Crippen LogP contribution is -2.45. The molecule has 1 aliphatic heterocycles. The Morgan fingerprint density at radius 3 is 2.42 bits per heavy atom. The van der Waals surface area contributed by atoms with Gasteiger partial charge in [-0.2, -0.15) is 9.40 Å². The number of hydrogen-bond acceptors (Lipinski definition) is 8. The number of carbonyl (C=O) groups is 3. The maximum Gasteiger partial charge on any atom is 0.352 e. The van der Waals surface area contributed by atoms with E-state index in [9.17, 15) is 36.7 Å². The molecule has 0 bridgehead atoms. The average molecular weight is 685 g/mol. The predicted octanol–water partition coefficient (Wildman–Crippen LogP) is 2.98. The highest BCUT2D eigenvalue weighted by Crippen LogP contribution is 2.38. The van der Waals surface area contributed by atoms with Crippen LogP contribution in [0.15, 0.2) is 53.6 Å². The Morgan fingerprint density at radius 2 is 1.79 bits per heavy atom. The highest BCUT2D eigenvalue weighted by Gasteiger charge is 2.41. The van der Waals surface area contributed by atoms with Crippen LogP contribution < -0.4 is 16.4 Å². The van der Waals surface area contributed by atoms with E-state index in [1.807, 2.05) is 19.0 Å². The molecule has 4 aromatic rings. The van der Waals surface area contributed by atoms with Crippen LogP contribution in [0.1, 0.15) is 56.3 Å². The van der Waals surface area contributed by atoms with Gasteiger partial charge in [0.05, 0.1) is 27.4 Å². The molecule has 14 nitrogen and oxygen atoms in total. The second-order valence-corrected chi connectivity index (χ2v) is 14.2. The van der Waals surface area contributed by atoms with Gasteiger partial charge in [0.1, 0.15) is 17.3 Å². The van der Waals surface area contributed by atoms with E-state index in [0.29, 0.717) is 36.1 Å². The third-order valence-corrected chi connectivity index (χ3v) is 9.67. The number of hydrogen-bond donors (Lipinski definition) is 5. The Labute approximate surface area is 274 Å². The Kier molecular flexibility index (Phi) is 9.13. The van der Waals surface area contributed by atoms with Crippen molar-refractivity contribution < 1.29 is 36.7 Å². The first-order chi connectivity index (χ1) is 22.5. The summed E-state index contributed by atoms with van der Waals surface area (Å²) in [5, 5.41) is 22.7. The standard InChI is InChI=1S/C31H34F2N8O6S/c1-31(2)16-40(48(46,47)19-11-17(32)10-18(33)12-19)15-22-26(31)37-38-28(22)36-29(43)21-14-25(41-8-5-6-24(41)30(44)45)23(13-20(21)27(34)42)35-7-9-39(3)4/h5-6,8,10-14,35H,7,9,15-16H2,1-4H3,(H2,34,42)(H,44,45)(H2,36,37,38,43).